The molecule has 8 heteroatoms. The van der Waals surface area contributed by atoms with Gasteiger partial charge in [0.15, 0.2) is 0 Å². The monoisotopic (exact) mass is 484 g/mol. The summed E-state index contributed by atoms with van der Waals surface area (Å²) in [7, 11) is -2.02. The number of hydrogen-bond donors (Lipinski definition) is 1. The van der Waals surface area contributed by atoms with E-state index >= 15 is 0 Å². The first-order valence-electron chi connectivity index (χ1n) is 10.9. The predicted octanol–water partition coefficient (Wildman–Crippen LogP) is 3.72. The standard InChI is InChI=1S/C27H24N4O3S/c1-3-18-28-35(33,34)25-16-14-22(15-17-25)27(32)30(2)19-23-20-31(24-12-8-5-9-13-24)29-26(23)21-10-6-4-7-11-21/h1,4-17,20,28H,18-19H2,2H3. The number of benzene rings is 3. The highest BCUT2D eigenvalue weighted by Crippen LogP contribution is 2.25. The number of terminal acetylenes is 1. The van der Waals surface area contributed by atoms with Crippen molar-refractivity contribution >= 4 is 15.9 Å². The largest absolute Gasteiger partial charge is 0.337 e. The molecule has 35 heavy (non-hydrogen) atoms. The molecular weight excluding hydrogens is 460 g/mol. The molecule has 4 rings (SSSR count). The molecule has 0 fully saturated rings. The van der Waals surface area contributed by atoms with E-state index in [1.807, 2.05) is 66.9 Å². The van der Waals surface area contributed by atoms with Gasteiger partial charge in [-0.1, -0.05) is 54.5 Å². The second-order valence-corrected chi connectivity index (χ2v) is 9.63. The van der Waals surface area contributed by atoms with Gasteiger partial charge in [-0.25, -0.2) is 13.1 Å². The summed E-state index contributed by atoms with van der Waals surface area (Å²) >= 11 is 0. The first kappa shape index (κ1) is 24.0. The molecule has 1 N–H and O–H groups in total. The zero-order valence-corrected chi connectivity index (χ0v) is 19.9. The fourth-order valence-electron chi connectivity index (χ4n) is 3.62. The van der Waals surface area contributed by atoms with Gasteiger partial charge in [0.1, 0.15) is 0 Å². The van der Waals surface area contributed by atoms with Crippen LogP contribution in [0.5, 0.6) is 0 Å². The molecule has 0 saturated carbocycles. The van der Waals surface area contributed by atoms with Crippen molar-refractivity contribution in [2.24, 2.45) is 0 Å². The van der Waals surface area contributed by atoms with Crippen LogP contribution in [0, 0.1) is 12.3 Å². The van der Waals surface area contributed by atoms with Gasteiger partial charge in [0.25, 0.3) is 5.91 Å². The summed E-state index contributed by atoms with van der Waals surface area (Å²) in [5.74, 6) is 1.99. The van der Waals surface area contributed by atoms with Crippen LogP contribution in [0.4, 0.5) is 0 Å². The summed E-state index contributed by atoms with van der Waals surface area (Å²) in [6.45, 7) is 0.214. The summed E-state index contributed by atoms with van der Waals surface area (Å²) in [5.41, 5.74) is 3.91. The van der Waals surface area contributed by atoms with Gasteiger partial charge in [-0.3, -0.25) is 4.79 Å². The Labute approximate surface area is 205 Å². The third-order valence-electron chi connectivity index (χ3n) is 5.39. The number of amides is 1. The maximum absolute atomic E-state index is 13.1. The van der Waals surface area contributed by atoms with Crippen molar-refractivity contribution in [2.75, 3.05) is 13.6 Å². The molecule has 0 saturated heterocycles. The van der Waals surface area contributed by atoms with E-state index in [0.29, 0.717) is 12.1 Å². The second kappa shape index (κ2) is 10.4. The summed E-state index contributed by atoms with van der Waals surface area (Å²) in [6.07, 6.45) is 7.05. The van der Waals surface area contributed by atoms with Crippen LogP contribution in [0.15, 0.2) is 96.0 Å². The molecule has 4 aromatic rings. The summed E-state index contributed by atoms with van der Waals surface area (Å²) < 4.78 is 28.6. The molecule has 3 aromatic carbocycles. The number of hydrogen-bond acceptors (Lipinski definition) is 4. The molecule has 0 aliphatic rings. The Bertz CT molecular complexity index is 1460. The van der Waals surface area contributed by atoms with E-state index in [0.717, 1.165) is 22.5 Å². The summed E-state index contributed by atoms with van der Waals surface area (Å²) in [4.78, 5) is 14.7. The molecule has 1 amide bonds. The van der Waals surface area contributed by atoms with Gasteiger partial charge in [0.2, 0.25) is 10.0 Å². The van der Waals surface area contributed by atoms with Crippen LogP contribution in [0.3, 0.4) is 0 Å². The van der Waals surface area contributed by atoms with Gasteiger partial charge < -0.3 is 4.90 Å². The number of carbonyl (C=O) groups is 1. The Morgan fingerprint density at radius 3 is 2.26 bits per heavy atom. The van der Waals surface area contributed by atoms with E-state index in [1.165, 1.54) is 24.3 Å². The molecule has 0 aliphatic heterocycles. The number of rotatable bonds is 8. The van der Waals surface area contributed by atoms with Crippen LogP contribution in [-0.4, -0.2) is 42.6 Å². The van der Waals surface area contributed by atoms with E-state index in [-0.39, 0.29) is 17.3 Å². The minimum atomic E-state index is -3.72. The third kappa shape index (κ3) is 5.49. The number of sulfonamides is 1. The summed E-state index contributed by atoms with van der Waals surface area (Å²) in [6, 6.07) is 25.3. The Morgan fingerprint density at radius 2 is 1.63 bits per heavy atom. The lowest BCUT2D eigenvalue weighted by Crippen LogP contribution is -2.27. The first-order chi connectivity index (χ1) is 16.9. The molecule has 0 radical (unpaired) electrons. The number of nitrogens with one attached hydrogen (secondary N) is 1. The van der Waals surface area contributed by atoms with Gasteiger partial charge in [-0.15, -0.1) is 6.42 Å². The van der Waals surface area contributed by atoms with Crippen molar-refractivity contribution in [3.8, 4) is 29.3 Å². The lowest BCUT2D eigenvalue weighted by atomic mass is 10.1. The van der Waals surface area contributed by atoms with Gasteiger partial charge in [0.05, 0.1) is 22.8 Å². The normalized spacial score (nSPS) is 11.1. The van der Waals surface area contributed by atoms with Gasteiger partial charge in [-0.2, -0.15) is 9.82 Å². The van der Waals surface area contributed by atoms with Crippen LogP contribution in [0.2, 0.25) is 0 Å². The molecule has 0 aliphatic carbocycles. The topological polar surface area (TPSA) is 84.3 Å². The highest BCUT2D eigenvalue weighted by atomic mass is 32.2. The molecule has 176 valence electrons. The minimum Gasteiger partial charge on any atom is -0.337 e. The average Bonchev–Trinajstić information content (AvgIpc) is 3.32. The smallest absolute Gasteiger partial charge is 0.253 e. The number of carbonyl (C=O) groups excluding carboxylic acids is 1. The molecular formula is C27H24N4O3S. The molecule has 0 spiro atoms. The average molecular weight is 485 g/mol. The zero-order valence-electron chi connectivity index (χ0n) is 19.1. The molecule has 0 atom stereocenters. The van der Waals surface area contributed by atoms with Crippen LogP contribution in [-0.2, 0) is 16.6 Å². The van der Waals surface area contributed by atoms with Crippen LogP contribution in [0.25, 0.3) is 16.9 Å². The van der Waals surface area contributed by atoms with Gasteiger partial charge >= 0.3 is 0 Å². The maximum atomic E-state index is 13.1. The van der Waals surface area contributed by atoms with Crippen molar-refractivity contribution in [1.29, 1.82) is 0 Å². The lowest BCUT2D eigenvalue weighted by molar-refractivity contribution is 0.0785. The number of para-hydroxylation sites is 1. The SMILES string of the molecule is C#CCNS(=O)(=O)c1ccc(C(=O)N(C)Cc2cn(-c3ccccc3)nc2-c2ccccc2)cc1. The zero-order chi connectivity index (χ0) is 24.8. The lowest BCUT2D eigenvalue weighted by Gasteiger charge is -2.17. The minimum absolute atomic E-state index is 0.0439. The third-order valence-corrected chi connectivity index (χ3v) is 6.81. The highest BCUT2D eigenvalue weighted by molar-refractivity contribution is 7.89. The quantitative estimate of drug-likeness (QED) is 0.387. The maximum Gasteiger partial charge on any atom is 0.253 e. The van der Waals surface area contributed by atoms with E-state index < -0.39 is 10.0 Å². The van der Waals surface area contributed by atoms with Crippen LogP contribution >= 0.6 is 0 Å². The first-order valence-corrected chi connectivity index (χ1v) is 12.4. The Morgan fingerprint density at radius 1 is 1.00 bits per heavy atom. The van der Waals surface area contributed by atoms with Crippen molar-refractivity contribution in [2.45, 2.75) is 11.4 Å². The van der Waals surface area contributed by atoms with E-state index in [9.17, 15) is 13.2 Å². The molecule has 0 unspecified atom stereocenters. The molecule has 1 heterocycles. The van der Waals surface area contributed by atoms with Crippen LogP contribution < -0.4 is 4.72 Å². The molecule has 7 nitrogen and oxygen atoms in total. The van der Waals surface area contributed by atoms with E-state index in [2.05, 4.69) is 10.6 Å². The van der Waals surface area contributed by atoms with Crippen molar-refractivity contribution in [1.82, 2.24) is 19.4 Å². The van der Waals surface area contributed by atoms with Crippen LogP contribution in [0.1, 0.15) is 15.9 Å². The highest BCUT2D eigenvalue weighted by Gasteiger charge is 2.19. The van der Waals surface area contributed by atoms with Gasteiger partial charge in [0, 0.05) is 36.5 Å². The summed E-state index contributed by atoms with van der Waals surface area (Å²) in [5, 5.41) is 4.79. The van der Waals surface area contributed by atoms with Crippen molar-refractivity contribution in [3.05, 3.63) is 102 Å². The van der Waals surface area contributed by atoms with Crippen molar-refractivity contribution in [3.63, 3.8) is 0 Å². The Hall–Kier alpha value is -4.19. The fourth-order valence-corrected chi connectivity index (χ4v) is 4.56. The van der Waals surface area contributed by atoms with E-state index in [4.69, 9.17) is 11.5 Å². The predicted molar refractivity (Wildman–Crippen MR) is 135 cm³/mol. The Kier molecular flexibility index (Phi) is 7.11. The fraction of sp³-hybridized carbons (Fsp3) is 0.111. The molecule has 0 bridgehead atoms. The number of nitrogens with zero attached hydrogens (tertiary/aromatic N) is 3. The molecule has 1 aromatic heterocycles. The van der Waals surface area contributed by atoms with E-state index in [1.54, 1.807) is 16.6 Å². The van der Waals surface area contributed by atoms with Gasteiger partial charge in [-0.05, 0) is 36.4 Å². The Balaban J connectivity index is 1.58. The number of aromatic nitrogens is 2. The van der Waals surface area contributed by atoms with Crippen molar-refractivity contribution < 1.29 is 13.2 Å². The second-order valence-electron chi connectivity index (χ2n) is 7.86.